The second-order valence-electron chi connectivity index (χ2n) is 5.33. The van der Waals surface area contributed by atoms with E-state index in [1.165, 1.54) is 19.4 Å². The monoisotopic (exact) mass is 212 g/mol. The highest BCUT2D eigenvalue weighted by Gasteiger charge is 2.36. The highest BCUT2D eigenvalue weighted by atomic mass is 16.5. The predicted molar refractivity (Wildman–Crippen MR) is 62.1 cm³/mol. The van der Waals surface area contributed by atoms with Gasteiger partial charge in [-0.2, -0.15) is 0 Å². The van der Waals surface area contributed by atoms with E-state index in [0.29, 0.717) is 11.5 Å². The molecule has 3 nitrogen and oxygen atoms in total. The van der Waals surface area contributed by atoms with E-state index in [9.17, 15) is 0 Å². The van der Waals surface area contributed by atoms with Gasteiger partial charge in [-0.15, -0.1) is 0 Å². The topological polar surface area (TPSA) is 24.5 Å². The third kappa shape index (κ3) is 3.44. The largest absolute Gasteiger partial charge is 0.374 e. The van der Waals surface area contributed by atoms with Crippen molar-refractivity contribution < 1.29 is 4.74 Å². The maximum Gasteiger partial charge on any atom is 0.0826 e. The minimum atomic E-state index is 0.404. The predicted octanol–water partition coefficient (Wildman–Crippen LogP) is 1.10. The minimum Gasteiger partial charge on any atom is -0.374 e. The first kappa shape index (κ1) is 11.4. The van der Waals surface area contributed by atoms with E-state index in [1.54, 1.807) is 0 Å². The quantitative estimate of drug-likeness (QED) is 0.738. The normalized spacial score (nSPS) is 30.4. The molecule has 1 unspecified atom stereocenters. The molecule has 1 heterocycles. The number of hydrogen-bond donors (Lipinski definition) is 1. The van der Waals surface area contributed by atoms with Crippen LogP contribution in [-0.2, 0) is 4.74 Å². The van der Waals surface area contributed by atoms with Gasteiger partial charge in [-0.05, 0) is 24.8 Å². The molecule has 2 aliphatic rings. The molecule has 15 heavy (non-hydrogen) atoms. The van der Waals surface area contributed by atoms with E-state index < -0.39 is 0 Å². The molecule has 0 aromatic carbocycles. The lowest BCUT2D eigenvalue weighted by Crippen LogP contribution is -2.46. The van der Waals surface area contributed by atoms with E-state index in [-0.39, 0.29) is 0 Å². The molecule has 1 N–H and O–H groups in total. The van der Waals surface area contributed by atoms with Gasteiger partial charge in [0.05, 0.1) is 12.7 Å². The fourth-order valence-corrected chi connectivity index (χ4v) is 2.12. The number of ether oxygens (including phenoxy) is 1. The molecule has 1 aliphatic carbocycles. The summed E-state index contributed by atoms with van der Waals surface area (Å²) < 4.78 is 5.74. The average Bonchev–Trinajstić information content (AvgIpc) is 2.97. The van der Waals surface area contributed by atoms with Crippen LogP contribution in [0.25, 0.3) is 0 Å². The standard InChI is InChI=1S/C12H24N2O/c1-3-14-6-7-15-11(9-14)8-13-10-12(2)4-5-12/h11,13H,3-10H2,1-2H3. The molecule has 3 heteroatoms. The molecule has 88 valence electrons. The van der Waals surface area contributed by atoms with Crippen molar-refractivity contribution in [2.24, 2.45) is 5.41 Å². The van der Waals surface area contributed by atoms with Gasteiger partial charge in [-0.25, -0.2) is 0 Å². The fraction of sp³-hybridized carbons (Fsp3) is 1.00. The lowest BCUT2D eigenvalue weighted by Gasteiger charge is -2.32. The SMILES string of the molecule is CCN1CCOC(CNCC2(C)CC2)C1. The summed E-state index contributed by atoms with van der Waals surface area (Å²) in [7, 11) is 0. The Bertz CT molecular complexity index is 204. The summed E-state index contributed by atoms with van der Waals surface area (Å²) in [5.41, 5.74) is 0.610. The lowest BCUT2D eigenvalue weighted by molar-refractivity contribution is -0.0255. The van der Waals surface area contributed by atoms with Gasteiger partial charge in [0.1, 0.15) is 0 Å². The summed E-state index contributed by atoms with van der Waals surface area (Å²) in [5, 5.41) is 3.55. The molecular formula is C12H24N2O. The van der Waals surface area contributed by atoms with E-state index in [2.05, 4.69) is 24.1 Å². The summed E-state index contributed by atoms with van der Waals surface area (Å²) in [6.45, 7) is 11.0. The summed E-state index contributed by atoms with van der Waals surface area (Å²) in [6, 6.07) is 0. The molecule has 0 aromatic heterocycles. The van der Waals surface area contributed by atoms with Crippen LogP contribution in [0.15, 0.2) is 0 Å². The van der Waals surface area contributed by atoms with Gasteiger partial charge in [0.15, 0.2) is 0 Å². The number of hydrogen-bond acceptors (Lipinski definition) is 3. The fourth-order valence-electron chi connectivity index (χ4n) is 2.12. The van der Waals surface area contributed by atoms with Crippen molar-refractivity contribution in [3.05, 3.63) is 0 Å². The van der Waals surface area contributed by atoms with Crippen LogP contribution < -0.4 is 5.32 Å². The van der Waals surface area contributed by atoms with Crippen molar-refractivity contribution in [3.63, 3.8) is 0 Å². The Balaban J connectivity index is 1.61. The van der Waals surface area contributed by atoms with Gasteiger partial charge < -0.3 is 10.1 Å². The van der Waals surface area contributed by atoms with Crippen LogP contribution in [0.3, 0.4) is 0 Å². The average molecular weight is 212 g/mol. The molecular weight excluding hydrogens is 188 g/mol. The molecule has 1 aliphatic heterocycles. The second kappa shape index (κ2) is 4.81. The van der Waals surface area contributed by atoms with Gasteiger partial charge in [-0.1, -0.05) is 13.8 Å². The first-order valence-electron chi connectivity index (χ1n) is 6.26. The Labute approximate surface area is 93.2 Å². The van der Waals surface area contributed by atoms with E-state index in [0.717, 1.165) is 32.8 Å². The summed E-state index contributed by atoms with van der Waals surface area (Å²) in [4.78, 5) is 2.47. The van der Waals surface area contributed by atoms with Gasteiger partial charge >= 0.3 is 0 Å². The highest BCUT2D eigenvalue weighted by molar-refractivity contribution is 4.90. The number of nitrogens with one attached hydrogen (secondary N) is 1. The van der Waals surface area contributed by atoms with E-state index in [1.807, 2.05) is 0 Å². The minimum absolute atomic E-state index is 0.404. The first-order chi connectivity index (χ1) is 7.22. The Morgan fingerprint density at radius 1 is 1.47 bits per heavy atom. The van der Waals surface area contributed by atoms with Crippen molar-refractivity contribution in [3.8, 4) is 0 Å². The van der Waals surface area contributed by atoms with Crippen molar-refractivity contribution in [1.29, 1.82) is 0 Å². The molecule has 0 amide bonds. The van der Waals surface area contributed by atoms with E-state index >= 15 is 0 Å². The van der Waals surface area contributed by atoms with Crippen molar-refractivity contribution >= 4 is 0 Å². The smallest absolute Gasteiger partial charge is 0.0826 e. The Morgan fingerprint density at radius 3 is 2.93 bits per heavy atom. The number of rotatable bonds is 5. The van der Waals surface area contributed by atoms with E-state index in [4.69, 9.17) is 4.74 Å². The zero-order valence-electron chi connectivity index (χ0n) is 10.1. The first-order valence-corrected chi connectivity index (χ1v) is 6.26. The maximum atomic E-state index is 5.74. The van der Waals surface area contributed by atoms with Crippen LogP contribution in [0, 0.1) is 5.41 Å². The molecule has 0 radical (unpaired) electrons. The van der Waals surface area contributed by atoms with Gasteiger partial charge in [0.25, 0.3) is 0 Å². The Hall–Kier alpha value is -0.120. The van der Waals surface area contributed by atoms with Gasteiger partial charge in [-0.3, -0.25) is 4.90 Å². The highest BCUT2D eigenvalue weighted by Crippen LogP contribution is 2.43. The second-order valence-corrected chi connectivity index (χ2v) is 5.33. The molecule has 2 rings (SSSR count). The zero-order valence-corrected chi connectivity index (χ0v) is 10.1. The van der Waals surface area contributed by atoms with Crippen LogP contribution in [0.4, 0.5) is 0 Å². The molecule has 1 saturated carbocycles. The number of nitrogens with zero attached hydrogens (tertiary/aromatic N) is 1. The van der Waals surface area contributed by atoms with Crippen molar-refractivity contribution in [1.82, 2.24) is 10.2 Å². The summed E-state index contributed by atoms with van der Waals surface area (Å²) in [5.74, 6) is 0. The molecule has 1 atom stereocenters. The molecule has 0 aromatic rings. The zero-order chi connectivity index (χ0) is 10.7. The molecule has 0 spiro atoms. The van der Waals surface area contributed by atoms with Crippen LogP contribution in [-0.4, -0.2) is 50.3 Å². The third-order valence-corrected chi connectivity index (χ3v) is 3.70. The lowest BCUT2D eigenvalue weighted by atomic mass is 10.1. The molecule has 0 bridgehead atoms. The molecule has 2 fully saturated rings. The summed E-state index contributed by atoms with van der Waals surface area (Å²) >= 11 is 0. The number of likely N-dealkylation sites (N-methyl/N-ethyl adjacent to an activating group) is 1. The van der Waals surface area contributed by atoms with Crippen LogP contribution in [0.2, 0.25) is 0 Å². The number of morpholine rings is 1. The van der Waals surface area contributed by atoms with Crippen LogP contribution in [0.1, 0.15) is 26.7 Å². The van der Waals surface area contributed by atoms with Gasteiger partial charge in [0.2, 0.25) is 0 Å². The van der Waals surface area contributed by atoms with Crippen molar-refractivity contribution in [2.75, 3.05) is 39.3 Å². The summed E-state index contributed by atoms with van der Waals surface area (Å²) in [6.07, 6.45) is 3.19. The van der Waals surface area contributed by atoms with Crippen LogP contribution in [0.5, 0.6) is 0 Å². The third-order valence-electron chi connectivity index (χ3n) is 3.70. The Kier molecular flexibility index (Phi) is 3.65. The molecule has 1 saturated heterocycles. The van der Waals surface area contributed by atoms with Gasteiger partial charge in [0, 0.05) is 26.2 Å². The van der Waals surface area contributed by atoms with Crippen LogP contribution >= 0.6 is 0 Å². The Morgan fingerprint density at radius 2 is 2.27 bits per heavy atom. The van der Waals surface area contributed by atoms with Crippen molar-refractivity contribution in [2.45, 2.75) is 32.8 Å². The maximum absolute atomic E-state index is 5.74.